The predicted octanol–water partition coefficient (Wildman–Crippen LogP) is 10.0. The van der Waals surface area contributed by atoms with Gasteiger partial charge in [0.15, 0.2) is 0 Å². The van der Waals surface area contributed by atoms with Crippen LogP contribution >= 0.6 is 0 Å². The minimum Gasteiger partial charge on any atom is -0.507 e. The number of hydrogen-bond acceptors (Lipinski definition) is 4. The number of rotatable bonds is 6. The molecule has 59 heavy (non-hydrogen) atoms. The van der Waals surface area contributed by atoms with Crippen LogP contribution < -0.4 is 15.7 Å². The molecule has 1 radical (unpaired) electrons. The molecule has 1 N–H and O–H groups in total. The number of hydrogen-bond donors (Lipinski definition) is 1. The molecule has 0 aliphatic carbocycles. The van der Waals surface area contributed by atoms with Crippen LogP contribution in [0.3, 0.4) is 0 Å². The van der Waals surface area contributed by atoms with E-state index in [4.69, 9.17) is 4.98 Å². The van der Waals surface area contributed by atoms with Crippen molar-refractivity contribution in [2.75, 3.05) is 11.9 Å². The number of aromatic nitrogens is 5. The van der Waals surface area contributed by atoms with E-state index in [9.17, 15) is 5.11 Å². The molecule has 5 heterocycles. The molecule has 2 aliphatic rings. The van der Waals surface area contributed by atoms with Gasteiger partial charge in [-0.2, -0.15) is 0 Å². The molecule has 7 nitrogen and oxygen atoms in total. The van der Waals surface area contributed by atoms with E-state index in [-0.39, 0.29) is 39.8 Å². The quantitative estimate of drug-likeness (QED) is 0.133. The van der Waals surface area contributed by atoms with Crippen LogP contribution in [0.4, 0.5) is 5.69 Å². The van der Waals surface area contributed by atoms with Crippen LogP contribution in [0.25, 0.3) is 44.6 Å². The van der Waals surface area contributed by atoms with E-state index in [0.29, 0.717) is 23.7 Å². The Morgan fingerprint density at radius 2 is 1.14 bits per heavy atom. The van der Waals surface area contributed by atoms with Crippen LogP contribution in [0.15, 0.2) is 116 Å². The first-order valence-corrected chi connectivity index (χ1v) is 20.8. The van der Waals surface area contributed by atoms with Crippen LogP contribution in [0, 0.1) is 6.07 Å². The molecule has 0 bridgehead atoms. The smallest absolute Gasteiger partial charge is 0.422 e. The summed E-state index contributed by atoms with van der Waals surface area (Å²) >= 11 is 0. The largest absolute Gasteiger partial charge is 0.507 e. The normalized spacial score (nSPS) is 12.9. The predicted molar refractivity (Wildman–Crippen MR) is 243 cm³/mol. The van der Waals surface area contributed by atoms with Gasteiger partial charge >= 0.3 is 14.0 Å². The van der Waals surface area contributed by atoms with Gasteiger partial charge in [-0.05, 0) is 82.1 Å². The Labute approximate surface area is 362 Å². The second-order valence-electron chi connectivity index (χ2n) is 17.2. The summed E-state index contributed by atoms with van der Waals surface area (Å²) in [6.07, 6.45) is 7.90. The summed E-state index contributed by atoms with van der Waals surface area (Å²) in [6, 6.07) is 35.5. The van der Waals surface area contributed by atoms with Gasteiger partial charge in [0.1, 0.15) is 11.6 Å². The number of aromatic hydroxyl groups is 1. The van der Waals surface area contributed by atoms with Crippen molar-refractivity contribution in [1.29, 1.82) is 0 Å². The topological polar surface area (TPSA) is 64.0 Å². The molecule has 3 aromatic heterocycles. The molecular weight excluding hydrogens is 902 g/mol. The van der Waals surface area contributed by atoms with E-state index in [1.54, 1.807) is 6.07 Å². The molecule has 5 aromatic carbocycles. The molecule has 0 saturated heterocycles. The first kappa shape index (κ1) is 40.5. The van der Waals surface area contributed by atoms with Crippen LogP contribution in [0.2, 0.25) is 0 Å². The van der Waals surface area contributed by atoms with Crippen molar-refractivity contribution in [2.45, 2.75) is 79.1 Å². The monoisotopic (exact) mass is 954 g/mol. The van der Waals surface area contributed by atoms with E-state index in [0.717, 1.165) is 33.7 Å². The van der Waals surface area contributed by atoms with Crippen molar-refractivity contribution in [1.82, 2.24) is 23.4 Å². The maximum absolute atomic E-state index is 10.9. The van der Waals surface area contributed by atoms with Crippen LogP contribution in [0.1, 0.15) is 101 Å². The molecule has 0 fully saturated rings. The van der Waals surface area contributed by atoms with Gasteiger partial charge in [-0.25, -0.2) is 4.98 Å². The molecule has 8 aromatic rings. The second kappa shape index (κ2) is 15.7. The maximum atomic E-state index is 10.9. The zero-order valence-electron chi connectivity index (χ0n) is 35.4. The average Bonchev–Trinajstić information content (AvgIpc) is 3.98. The van der Waals surface area contributed by atoms with Crippen molar-refractivity contribution >= 4 is 52.4 Å². The van der Waals surface area contributed by atoms with Crippen molar-refractivity contribution in [3.8, 4) is 28.5 Å². The molecule has 299 valence electrons. The summed E-state index contributed by atoms with van der Waals surface area (Å²) < 4.78 is 6.95. The number of imidazole rings is 2. The van der Waals surface area contributed by atoms with Gasteiger partial charge in [0, 0.05) is 67.0 Å². The molecule has 0 unspecified atom stereocenters. The Morgan fingerprint density at radius 3 is 1.73 bits per heavy atom. The first-order chi connectivity index (χ1) is 28.0. The fraction of sp³-hybridized carbons (Fsp3) is 0.265. The Morgan fingerprint density at radius 1 is 0.593 bits per heavy atom. The van der Waals surface area contributed by atoms with Gasteiger partial charge in [0.2, 0.25) is 0 Å². The van der Waals surface area contributed by atoms with Crippen molar-refractivity contribution < 1.29 is 25.2 Å². The zero-order chi connectivity index (χ0) is 40.6. The summed E-state index contributed by atoms with van der Waals surface area (Å²) in [6.45, 7) is 18.2. The average molecular weight is 954 g/mol. The Balaban J connectivity index is 0.000000165. The summed E-state index contributed by atoms with van der Waals surface area (Å²) in [5.74, 6) is 3.80. The molecule has 0 atom stereocenters. The fourth-order valence-electron chi connectivity index (χ4n) is 9.72. The van der Waals surface area contributed by atoms with Crippen LogP contribution in [-0.2, 0) is 20.1 Å². The maximum Gasteiger partial charge on any atom is 0.422 e. The second-order valence-corrected chi connectivity index (χ2v) is 17.2. The minimum atomic E-state index is -0.0693. The summed E-state index contributed by atoms with van der Waals surface area (Å²) in [5.41, 5.74) is 13.6. The van der Waals surface area contributed by atoms with E-state index in [1.165, 1.54) is 49.8 Å². The molecule has 10 rings (SSSR count). The standard InChI is InChI=1S/C27H26BN3O.C22H25BN3.Ir/c1-16(2)18-9-7-10-19(17(3)4)25(18)28-30-15-14-29-27(30)24-23(32)13-12-21-20-8-5-6-11-22(20)31(28)26(21)24;1-15(2)17-10-8-11-18(16(3)4)21(17)23-25(5)20-12-7-6-9-19(20)22-24-13-14-26(22)23;/h5-17,32H,1-4H3;6-8,10-16H,1-5H3;/q;-1;. The number of nitrogens with zero attached hydrogens (tertiary/aromatic N) is 6. The first-order valence-electron chi connectivity index (χ1n) is 20.8. The summed E-state index contributed by atoms with van der Waals surface area (Å²) in [5, 5.41) is 13.3. The summed E-state index contributed by atoms with van der Waals surface area (Å²) in [4.78, 5) is 11.8. The third-order valence-electron chi connectivity index (χ3n) is 12.3. The third-order valence-corrected chi connectivity index (χ3v) is 12.3. The molecule has 0 spiro atoms. The number of fused-ring (bicyclic) bond motifs is 8. The molecule has 2 aliphatic heterocycles. The van der Waals surface area contributed by atoms with Gasteiger partial charge in [0.25, 0.3) is 0 Å². The third kappa shape index (κ3) is 6.38. The van der Waals surface area contributed by atoms with Gasteiger partial charge in [-0.1, -0.05) is 121 Å². The van der Waals surface area contributed by atoms with Gasteiger partial charge < -0.3 is 23.4 Å². The Bertz CT molecular complexity index is 2780. The molecule has 0 saturated carbocycles. The fourth-order valence-corrected chi connectivity index (χ4v) is 9.72. The van der Waals surface area contributed by atoms with Crippen molar-refractivity contribution in [3.05, 3.63) is 144 Å². The number of phenolic OH excluding ortho intramolecular Hbond substituents is 1. The van der Waals surface area contributed by atoms with E-state index < -0.39 is 0 Å². The summed E-state index contributed by atoms with van der Waals surface area (Å²) in [7, 11) is 2.18. The van der Waals surface area contributed by atoms with Gasteiger partial charge in [-0.3, -0.25) is 4.98 Å². The number of phenols is 1. The Kier molecular flexibility index (Phi) is 10.8. The van der Waals surface area contributed by atoms with E-state index in [1.807, 2.05) is 24.5 Å². The molecule has 0 amide bonds. The van der Waals surface area contributed by atoms with Crippen LogP contribution in [0.5, 0.6) is 5.75 Å². The van der Waals surface area contributed by atoms with E-state index in [2.05, 4.69) is 177 Å². The van der Waals surface area contributed by atoms with Crippen LogP contribution in [-0.4, -0.2) is 49.5 Å². The number of benzene rings is 5. The molecule has 10 heteroatoms. The van der Waals surface area contributed by atoms with Gasteiger partial charge in [-0.15, -0.1) is 24.3 Å². The minimum absolute atomic E-state index is 0. The van der Waals surface area contributed by atoms with Gasteiger partial charge in [0.05, 0.1) is 11.1 Å². The van der Waals surface area contributed by atoms with E-state index >= 15 is 0 Å². The SMILES string of the molecule is CC(C)c1cccc(C(C)C)c1B1N(C)c2ccc[c-]c2-c2nccn21.CC(C)c1cccc(C(C)C)c1B1n2ccnc2-c2c(O)ccc3c4ccccc4n1c23.[Ir]. The van der Waals surface area contributed by atoms with Crippen molar-refractivity contribution in [3.63, 3.8) is 0 Å². The zero-order valence-corrected chi connectivity index (χ0v) is 37.8. The number of anilines is 1. The molecular formula is C49H51B2IrN6O-. The Hall–Kier alpha value is -5.30. The number of para-hydroxylation sites is 1. The van der Waals surface area contributed by atoms with Crippen molar-refractivity contribution in [2.24, 2.45) is 0 Å².